The number of hydrogen-bond donors (Lipinski definition) is 1. The van der Waals surface area contributed by atoms with Crippen LogP contribution in [0.5, 0.6) is 5.75 Å². The molecule has 9 heteroatoms. The van der Waals surface area contributed by atoms with Gasteiger partial charge in [-0.3, -0.25) is 9.10 Å². The lowest BCUT2D eigenvalue weighted by atomic mass is 10.2. The van der Waals surface area contributed by atoms with E-state index in [0.29, 0.717) is 11.4 Å². The van der Waals surface area contributed by atoms with E-state index in [1.54, 1.807) is 24.3 Å². The van der Waals surface area contributed by atoms with Gasteiger partial charge in [0.25, 0.3) is 5.91 Å². The monoisotopic (exact) mass is 381 g/mol. The quantitative estimate of drug-likeness (QED) is 0.587. The van der Waals surface area contributed by atoms with Crippen molar-refractivity contribution in [2.24, 2.45) is 5.10 Å². The molecule has 0 aliphatic rings. The van der Waals surface area contributed by atoms with Crippen molar-refractivity contribution in [2.45, 2.75) is 13.0 Å². The standard InChI is InChI=1S/C16H19N3O4S2/c1-12(16(20)18-17-11-15-5-4-10-24-15)19(25(3,21)22)13-6-8-14(23-2)9-7-13/h4-12H,1-3H3,(H,18,20). The zero-order valence-corrected chi connectivity index (χ0v) is 15.7. The summed E-state index contributed by atoms with van der Waals surface area (Å²) in [5, 5.41) is 5.75. The van der Waals surface area contributed by atoms with Crippen LogP contribution in [-0.2, 0) is 14.8 Å². The Bertz CT molecular complexity index is 831. The number of thiophene rings is 1. The lowest BCUT2D eigenvalue weighted by Crippen LogP contribution is -2.46. The van der Waals surface area contributed by atoms with Gasteiger partial charge >= 0.3 is 0 Å². The molecule has 1 aromatic carbocycles. The molecule has 0 spiro atoms. The molecule has 0 radical (unpaired) electrons. The zero-order valence-electron chi connectivity index (χ0n) is 14.0. The Hall–Kier alpha value is -2.39. The molecule has 0 saturated carbocycles. The summed E-state index contributed by atoms with van der Waals surface area (Å²) in [4.78, 5) is 13.2. The van der Waals surface area contributed by atoms with Crippen LogP contribution in [0.1, 0.15) is 11.8 Å². The minimum atomic E-state index is -3.67. The summed E-state index contributed by atoms with van der Waals surface area (Å²) in [6.45, 7) is 1.50. The van der Waals surface area contributed by atoms with Gasteiger partial charge in [-0.05, 0) is 42.6 Å². The van der Waals surface area contributed by atoms with Crippen LogP contribution in [0.2, 0.25) is 0 Å². The van der Waals surface area contributed by atoms with Gasteiger partial charge in [0, 0.05) is 4.88 Å². The summed E-state index contributed by atoms with van der Waals surface area (Å²) in [6, 6.07) is 9.18. The van der Waals surface area contributed by atoms with Gasteiger partial charge in [-0.2, -0.15) is 5.10 Å². The number of amides is 1. The van der Waals surface area contributed by atoms with Gasteiger partial charge in [0.05, 0.1) is 25.3 Å². The number of methoxy groups -OCH3 is 1. The number of nitrogens with zero attached hydrogens (tertiary/aromatic N) is 2. The highest BCUT2D eigenvalue weighted by atomic mass is 32.2. The number of hydrazone groups is 1. The topological polar surface area (TPSA) is 88.1 Å². The summed E-state index contributed by atoms with van der Waals surface area (Å²) < 4.78 is 30.5. The number of sulfonamides is 1. The molecule has 1 atom stereocenters. The highest BCUT2D eigenvalue weighted by molar-refractivity contribution is 7.92. The average Bonchev–Trinajstić information content (AvgIpc) is 3.07. The van der Waals surface area contributed by atoms with E-state index in [9.17, 15) is 13.2 Å². The lowest BCUT2D eigenvalue weighted by Gasteiger charge is -2.27. The molecule has 2 rings (SSSR count). The predicted molar refractivity (Wildman–Crippen MR) is 99.8 cm³/mol. The predicted octanol–water partition coefficient (Wildman–Crippen LogP) is 2.06. The molecule has 134 valence electrons. The molecular weight excluding hydrogens is 362 g/mol. The SMILES string of the molecule is COc1ccc(N(C(C)C(=O)NN=Cc2cccs2)S(C)(=O)=O)cc1. The molecular formula is C16H19N3O4S2. The summed E-state index contributed by atoms with van der Waals surface area (Å²) in [7, 11) is -2.15. The highest BCUT2D eigenvalue weighted by Gasteiger charge is 2.29. The first-order valence-corrected chi connectivity index (χ1v) is 10.1. The van der Waals surface area contributed by atoms with Crippen LogP contribution in [0.3, 0.4) is 0 Å². The molecule has 1 aromatic heterocycles. The van der Waals surface area contributed by atoms with Crippen molar-refractivity contribution in [2.75, 3.05) is 17.7 Å². The van der Waals surface area contributed by atoms with E-state index < -0.39 is 22.0 Å². The van der Waals surface area contributed by atoms with Crippen LogP contribution in [0.25, 0.3) is 0 Å². The second-order valence-electron chi connectivity index (χ2n) is 5.18. The molecule has 0 fully saturated rings. The summed E-state index contributed by atoms with van der Waals surface area (Å²) in [5.74, 6) is 0.0592. The molecule has 0 saturated heterocycles. The van der Waals surface area contributed by atoms with E-state index in [1.165, 1.54) is 31.6 Å². The molecule has 0 bridgehead atoms. The van der Waals surface area contributed by atoms with Crippen molar-refractivity contribution in [1.82, 2.24) is 5.43 Å². The summed E-state index contributed by atoms with van der Waals surface area (Å²) >= 11 is 1.48. The van der Waals surface area contributed by atoms with Crippen molar-refractivity contribution in [3.8, 4) is 5.75 Å². The van der Waals surface area contributed by atoms with Crippen LogP contribution in [0.4, 0.5) is 5.69 Å². The van der Waals surface area contributed by atoms with E-state index in [1.807, 2.05) is 17.5 Å². The van der Waals surface area contributed by atoms with E-state index in [0.717, 1.165) is 15.4 Å². The number of carbonyl (C=O) groups is 1. The molecule has 1 N–H and O–H groups in total. The zero-order chi connectivity index (χ0) is 18.4. The molecule has 7 nitrogen and oxygen atoms in total. The third-order valence-corrected chi connectivity index (χ3v) is 5.37. The maximum Gasteiger partial charge on any atom is 0.263 e. The third kappa shape index (κ3) is 5.04. The first-order valence-electron chi connectivity index (χ1n) is 7.33. The van der Waals surface area contributed by atoms with E-state index in [-0.39, 0.29) is 0 Å². The minimum Gasteiger partial charge on any atom is -0.497 e. The molecule has 25 heavy (non-hydrogen) atoms. The molecule has 1 heterocycles. The molecule has 1 unspecified atom stereocenters. The number of nitrogens with one attached hydrogen (secondary N) is 1. The maximum atomic E-state index is 12.3. The second kappa shape index (κ2) is 8.13. The van der Waals surface area contributed by atoms with Gasteiger partial charge in [0.15, 0.2) is 0 Å². The van der Waals surface area contributed by atoms with E-state index in [4.69, 9.17) is 4.74 Å². The third-order valence-electron chi connectivity index (χ3n) is 3.33. The van der Waals surface area contributed by atoms with Gasteiger partial charge in [0.1, 0.15) is 11.8 Å². The normalized spacial score (nSPS) is 12.8. The first kappa shape index (κ1) is 18.9. The van der Waals surface area contributed by atoms with Crippen molar-refractivity contribution >= 4 is 39.2 Å². The Kier molecular flexibility index (Phi) is 6.16. The van der Waals surface area contributed by atoms with Crippen LogP contribution in [-0.4, -0.2) is 39.9 Å². The van der Waals surface area contributed by atoms with Crippen LogP contribution >= 0.6 is 11.3 Å². The van der Waals surface area contributed by atoms with Crippen LogP contribution < -0.4 is 14.5 Å². The molecule has 1 amide bonds. The van der Waals surface area contributed by atoms with Crippen LogP contribution in [0, 0.1) is 0 Å². The number of anilines is 1. The Balaban J connectivity index is 2.17. The fourth-order valence-corrected chi connectivity index (χ4v) is 3.92. The second-order valence-corrected chi connectivity index (χ2v) is 8.02. The largest absolute Gasteiger partial charge is 0.497 e. The van der Waals surface area contributed by atoms with Crippen molar-refractivity contribution < 1.29 is 17.9 Å². The average molecular weight is 381 g/mol. The molecule has 2 aromatic rings. The number of rotatable bonds is 7. The Morgan fingerprint density at radius 3 is 2.52 bits per heavy atom. The van der Waals surface area contributed by atoms with Gasteiger partial charge < -0.3 is 4.74 Å². The minimum absolute atomic E-state index is 0.369. The van der Waals surface area contributed by atoms with Crippen molar-refractivity contribution in [3.05, 3.63) is 46.7 Å². The summed E-state index contributed by atoms with van der Waals surface area (Å²) in [6.07, 6.45) is 2.56. The number of carbonyl (C=O) groups excluding carboxylic acids is 1. The van der Waals surface area contributed by atoms with Gasteiger partial charge in [-0.1, -0.05) is 6.07 Å². The van der Waals surface area contributed by atoms with Crippen molar-refractivity contribution in [3.63, 3.8) is 0 Å². The fourth-order valence-electron chi connectivity index (χ4n) is 2.16. The summed E-state index contributed by atoms with van der Waals surface area (Å²) in [5.41, 5.74) is 2.74. The maximum absolute atomic E-state index is 12.3. The van der Waals surface area contributed by atoms with Gasteiger partial charge in [-0.25, -0.2) is 13.8 Å². The molecule has 0 aliphatic carbocycles. The number of benzene rings is 1. The van der Waals surface area contributed by atoms with E-state index in [2.05, 4.69) is 10.5 Å². The highest BCUT2D eigenvalue weighted by Crippen LogP contribution is 2.23. The Morgan fingerprint density at radius 1 is 1.32 bits per heavy atom. The fraction of sp³-hybridized carbons (Fsp3) is 0.250. The lowest BCUT2D eigenvalue weighted by molar-refractivity contribution is -0.121. The van der Waals surface area contributed by atoms with Crippen LogP contribution in [0.15, 0.2) is 46.9 Å². The smallest absolute Gasteiger partial charge is 0.263 e. The Labute approximate surface area is 151 Å². The Morgan fingerprint density at radius 2 is 2.00 bits per heavy atom. The van der Waals surface area contributed by atoms with Gasteiger partial charge in [-0.15, -0.1) is 11.3 Å². The number of ether oxygens (including phenoxy) is 1. The first-order chi connectivity index (χ1) is 11.8. The number of hydrogen-bond acceptors (Lipinski definition) is 6. The van der Waals surface area contributed by atoms with E-state index >= 15 is 0 Å². The van der Waals surface area contributed by atoms with Gasteiger partial charge in [0.2, 0.25) is 10.0 Å². The van der Waals surface area contributed by atoms with Crippen molar-refractivity contribution in [1.29, 1.82) is 0 Å². The molecule has 0 aliphatic heterocycles.